The molecule has 6 heteroatoms. The second-order valence-corrected chi connectivity index (χ2v) is 7.24. The molecule has 1 N–H and O–H groups in total. The largest absolute Gasteiger partial charge is 0.225 e. The molecule has 0 radical (unpaired) electrons. The maximum atomic E-state index is 11.2. The number of nitrogens with one attached hydrogen (secondary N) is 1. The summed E-state index contributed by atoms with van der Waals surface area (Å²) in [6, 6.07) is 3.96. The van der Waals surface area contributed by atoms with Gasteiger partial charge in [0.05, 0.1) is 0 Å². The number of thiophene rings is 1. The van der Waals surface area contributed by atoms with Crippen LogP contribution in [0.2, 0.25) is 0 Å². The van der Waals surface area contributed by atoms with E-state index >= 15 is 0 Å². The Morgan fingerprint density at radius 3 is 2.67 bits per heavy atom. The highest BCUT2D eigenvalue weighted by Crippen LogP contribution is 2.26. The lowest BCUT2D eigenvalue weighted by Gasteiger charge is -2.23. The van der Waals surface area contributed by atoms with Gasteiger partial charge in [-0.25, -0.2) is 13.1 Å². The highest BCUT2D eigenvalue weighted by atomic mass is 35.5. The van der Waals surface area contributed by atoms with E-state index in [1.807, 2.05) is 31.4 Å². The first-order valence-corrected chi connectivity index (χ1v) is 7.51. The minimum atomic E-state index is -3.32. The Morgan fingerprint density at radius 1 is 1.53 bits per heavy atom. The van der Waals surface area contributed by atoms with Gasteiger partial charge in [0.15, 0.2) is 0 Å². The Kier molecular flexibility index (Phi) is 4.17. The van der Waals surface area contributed by atoms with Crippen LogP contribution in [0.3, 0.4) is 0 Å². The maximum absolute atomic E-state index is 11.2. The van der Waals surface area contributed by atoms with Gasteiger partial charge in [0, 0.05) is 16.8 Å². The van der Waals surface area contributed by atoms with Gasteiger partial charge in [-0.15, -0.1) is 22.9 Å². The normalized spacial score (nSPS) is 13.0. The monoisotopic (exact) mass is 267 g/mol. The summed E-state index contributed by atoms with van der Waals surface area (Å²) < 4.78 is 24.8. The summed E-state index contributed by atoms with van der Waals surface area (Å²) in [7, 11) is -3.32. The zero-order valence-corrected chi connectivity index (χ0v) is 11.0. The van der Waals surface area contributed by atoms with Crippen molar-refractivity contribution < 1.29 is 8.42 Å². The summed E-state index contributed by atoms with van der Waals surface area (Å²) in [4.78, 5) is 1.15. The summed E-state index contributed by atoms with van der Waals surface area (Å²) >= 11 is 6.92. The van der Waals surface area contributed by atoms with E-state index < -0.39 is 15.2 Å². The molecule has 0 fully saturated rings. The number of halogens is 1. The van der Waals surface area contributed by atoms with Gasteiger partial charge in [-0.2, -0.15) is 0 Å². The zero-order valence-electron chi connectivity index (χ0n) is 8.66. The molecule has 0 amide bonds. The van der Waals surface area contributed by atoms with Gasteiger partial charge in [0.1, 0.15) is 5.21 Å². The lowest BCUT2D eigenvalue weighted by Crippen LogP contribution is -2.36. The van der Waals surface area contributed by atoms with Crippen molar-refractivity contribution in [2.45, 2.75) is 19.3 Å². The van der Waals surface area contributed by atoms with E-state index in [-0.39, 0.29) is 5.41 Å². The minimum Gasteiger partial charge on any atom is -0.213 e. The van der Waals surface area contributed by atoms with Gasteiger partial charge in [-0.1, -0.05) is 19.9 Å². The van der Waals surface area contributed by atoms with Gasteiger partial charge in [0.25, 0.3) is 0 Å². The molecule has 15 heavy (non-hydrogen) atoms. The average molecular weight is 268 g/mol. The molecule has 0 saturated heterocycles. The van der Waals surface area contributed by atoms with Crippen LogP contribution in [0.4, 0.5) is 0 Å². The van der Waals surface area contributed by atoms with E-state index in [1.165, 1.54) is 0 Å². The summed E-state index contributed by atoms with van der Waals surface area (Å²) in [5.74, 6) is 0. The number of alkyl halides is 1. The summed E-state index contributed by atoms with van der Waals surface area (Å²) in [6.45, 7) is 4.35. The highest BCUT2D eigenvalue weighted by molar-refractivity contribution is 7.90. The fourth-order valence-corrected chi connectivity index (χ4v) is 2.82. The highest BCUT2D eigenvalue weighted by Gasteiger charge is 2.23. The molecule has 1 aromatic heterocycles. The van der Waals surface area contributed by atoms with Crippen molar-refractivity contribution in [3.63, 3.8) is 0 Å². The van der Waals surface area contributed by atoms with Crippen LogP contribution in [0.15, 0.2) is 17.5 Å². The first-order valence-electron chi connectivity index (χ1n) is 4.45. The number of sulfonamides is 1. The Labute approximate surface area is 99.5 Å². The van der Waals surface area contributed by atoms with Crippen molar-refractivity contribution >= 4 is 33.0 Å². The predicted molar refractivity (Wildman–Crippen MR) is 65.0 cm³/mol. The van der Waals surface area contributed by atoms with Crippen molar-refractivity contribution in [2.75, 3.05) is 11.8 Å². The van der Waals surface area contributed by atoms with Crippen molar-refractivity contribution in [1.29, 1.82) is 0 Å². The molecule has 1 aromatic rings. The molecule has 3 nitrogen and oxygen atoms in total. The number of hydrogen-bond acceptors (Lipinski definition) is 3. The third kappa shape index (κ3) is 3.75. The number of hydrogen-bond donors (Lipinski definition) is 1. The smallest absolute Gasteiger partial charge is 0.213 e. The lowest BCUT2D eigenvalue weighted by atomic mass is 9.92. The Balaban J connectivity index is 2.66. The predicted octanol–water partition coefficient (Wildman–Crippen LogP) is 2.14. The second kappa shape index (κ2) is 4.82. The first-order chi connectivity index (χ1) is 6.87. The van der Waals surface area contributed by atoms with E-state index in [0.717, 1.165) is 4.88 Å². The molecule has 0 spiro atoms. The van der Waals surface area contributed by atoms with Gasteiger partial charge < -0.3 is 0 Å². The first kappa shape index (κ1) is 13.0. The molecule has 86 valence electrons. The summed E-state index contributed by atoms with van der Waals surface area (Å²) in [5.41, 5.74) is -0.201. The van der Waals surface area contributed by atoms with E-state index in [9.17, 15) is 8.42 Å². The summed E-state index contributed by atoms with van der Waals surface area (Å²) in [6.07, 6.45) is 0. The molecule has 0 saturated carbocycles. The molecule has 0 aromatic carbocycles. The minimum absolute atomic E-state index is 0.201. The topological polar surface area (TPSA) is 46.2 Å². The third-order valence-electron chi connectivity index (χ3n) is 2.07. The Hall–Kier alpha value is -0.100. The fourth-order valence-electron chi connectivity index (χ4n) is 1.08. The van der Waals surface area contributed by atoms with E-state index in [1.54, 1.807) is 11.3 Å². The third-order valence-corrected chi connectivity index (χ3v) is 5.03. The zero-order chi connectivity index (χ0) is 11.5. The van der Waals surface area contributed by atoms with Crippen molar-refractivity contribution in [3.05, 3.63) is 22.4 Å². The van der Waals surface area contributed by atoms with Crippen LogP contribution in [0, 0.1) is 0 Å². The van der Waals surface area contributed by atoms with Gasteiger partial charge >= 0.3 is 0 Å². The molecule has 1 rings (SSSR count). The van der Waals surface area contributed by atoms with Crippen molar-refractivity contribution in [2.24, 2.45) is 0 Å². The number of rotatable bonds is 5. The van der Waals surface area contributed by atoms with Crippen LogP contribution in [-0.4, -0.2) is 20.2 Å². The molecule has 0 unspecified atom stereocenters. The Morgan fingerprint density at radius 2 is 2.20 bits per heavy atom. The van der Waals surface area contributed by atoms with Crippen LogP contribution in [0.5, 0.6) is 0 Å². The van der Waals surface area contributed by atoms with Crippen molar-refractivity contribution in [3.8, 4) is 0 Å². The van der Waals surface area contributed by atoms with Crippen LogP contribution in [0.25, 0.3) is 0 Å². The fraction of sp³-hybridized carbons (Fsp3) is 0.556. The molecule has 1 heterocycles. The van der Waals surface area contributed by atoms with E-state index in [4.69, 9.17) is 11.6 Å². The van der Waals surface area contributed by atoms with Gasteiger partial charge in [-0.05, 0) is 11.4 Å². The molecule has 0 aliphatic carbocycles. The van der Waals surface area contributed by atoms with Crippen LogP contribution in [0.1, 0.15) is 18.7 Å². The quantitative estimate of drug-likeness (QED) is 0.831. The molecular formula is C9H14ClNO2S2. The SMILES string of the molecule is CC(C)(CNS(=O)(=O)CCl)c1cccs1. The lowest BCUT2D eigenvalue weighted by molar-refractivity contribution is 0.511. The van der Waals surface area contributed by atoms with Crippen LogP contribution < -0.4 is 4.72 Å². The standard InChI is InChI=1S/C9H14ClNO2S2/c1-9(2,8-4-3-5-14-8)6-11-15(12,13)7-10/h3-5,11H,6-7H2,1-2H3. The molecular weight excluding hydrogens is 254 g/mol. The molecule has 0 bridgehead atoms. The van der Waals surface area contributed by atoms with Gasteiger partial charge in [-0.3, -0.25) is 0 Å². The van der Waals surface area contributed by atoms with E-state index in [2.05, 4.69) is 4.72 Å². The molecule has 0 aliphatic heterocycles. The van der Waals surface area contributed by atoms with E-state index in [0.29, 0.717) is 6.54 Å². The summed E-state index contributed by atoms with van der Waals surface area (Å²) in [5, 5.41) is 1.58. The van der Waals surface area contributed by atoms with Gasteiger partial charge in [0.2, 0.25) is 10.0 Å². The van der Waals surface area contributed by atoms with Crippen LogP contribution in [-0.2, 0) is 15.4 Å². The van der Waals surface area contributed by atoms with Crippen LogP contribution >= 0.6 is 22.9 Å². The molecule has 0 atom stereocenters. The molecule has 0 aliphatic rings. The average Bonchev–Trinajstić information content (AvgIpc) is 2.69. The van der Waals surface area contributed by atoms with Crippen molar-refractivity contribution in [1.82, 2.24) is 4.72 Å². The maximum Gasteiger partial charge on any atom is 0.225 e. The second-order valence-electron chi connectivity index (χ2n) is 3.91. The Bertz CT molecular complexity index is 398.